The second-order valence-corrected chi connectivity index (χ2v) is 4.99. The van der Waals surface area contributed by atoms with Crippen LogP contribution in [0, 0.1) is 0 Å². The van der Waals surface area contributed by atoms with Crippen molar-refractivity contribution >= 4 is 17.3 Å². The van der Waals surface area contributed by atoms with Gasteiger partial charge in [-0.3, -0.25) is 4.79 Å². The van der Waals surface area contributed by atoms with Gasteiger partial charge in [-0.1, -0.05) is 18.5 Å². The molecule has 1 unspecified atom stereocenters. The van der Waals surface area contributed by atoms with Crippen LogP contribution in [-0.4, -0.2) is 35.5 Å². The van der Waals surface area contributed by atoms with Crippen molar-refractivity contribution in [2.24, 2.45) is 7.05 Å². The molecule has 5 nitrogen and oxygen atoms in total. The minimum Gasteiger partial charge on any atom is -0.367 e. The quantitative estimate of drug-likeness (QED) is 0.891. The van der Waals surface area contributed by atoms with Crippen LogP contribution in [0.2, 0.25) is 5.02 Å². The fraction of sp³-hybridized carbons (Fsp3) is 0.667. The molecule has 0 bridgehead atoms. The van der Waals surface area contributed by atoms with Crippen LogP contribution in [0.1, 0.15) is 19.8 Å². The van der Waals surface area contributed by atoms with Crippen LogP contribution in [0.15, 0.2) is 11.0 Å². The topological polar surface area (TPSA) is 50.2 Å². The van der Waals surface area contributed by atoms with Crippen molar-refractivity contribution in [1.29, 1.82) is 0 Å². The van der Waals surface area contributed by atoms with Gasteiger partial charge in [0.05, 0.1) is 11.9 Å². The summed E-state index contributed by atoms with van der Waals surface area (Å²) in [5, 5.41) is 7.75. The Hall–Kier alpha value is -1.07. The lowest BCUT2D eigenvalue weighted by molar-refractivity contribution is 0.431. The number of hydrogen-bond donors (Lipinski definition) is 1. The maximum Gasteiger partial charge on any atom is 0.287 e. The summed E-state index contributed by atoms with van der Waals surface area (Å²) in [6.07, 6.45) is 3.95. The average molecular weight is 271 g/mol. The van der Waals surface area contributed by atoms with Crippen LogP contribution < -0.4 is 15.8 Å². The van der Waals surface area contributed by atoms with E-state index >= 15 is 0 Å². The van der Waals surface area contributed by atoms with Crippen molar-refractivity contribution in [1.82, 2.24) is 15.1 Å². The minimum absolute atomic E-state index is 0.236. The summed E-state index contributed by atoms with van der Waals surface area (Å²) in [6.45, 7) is 4.87. The third kappa shape index (κ3) is 2.67. The molecule has 0 spiro atoms. The number of hydrogen-bond acceptors (Lipinski definition) is 4. The Morgan fingerprint density at radius 1 is 1.61 bits per heavy atom. The first-order valence-electron chi connectivity index (χ1n) is 6.33. The summed E-state index contributed by atoms with van der Waals surface area (Å²) in [6, 6.07) is 0.462. The molecule has 1 atom stereocenters. The fourth-order valence-corrected chi connectivity index (χ4v) is 2.66. The highest BCUT2D eigenvalue weighted by atomic mass is 35.5. The van der Waals surface area contributed by atoms with E-state index in [4.69, 9.17) is 11.6 Å². The van der Waals surface area contributed by atoms with Crippen molar-refractivity contribution < 1.29 is 0 Å². The van der Waals surface area contributed by atoms with Crippen LogP contribution in [0.25, 0.3) is 0 Å². The van der Waals surface area contributed by atoms with Gasteiger partial charge >= 0.3 is 0 Å². The summed E-state index contributed by atoms with van der Waals surface area (Å²) >= 11 is 6.12. The number of anilines is 1. The van der Waals surface area contributed by atoms with Crippen molar-refractivity contribution in [3.8, 4) is 0 Å². The first-order chi connectivity index (χ1) is 8.63. The third-order valence-corrected chi connectivity index (χ3v) is 3.67. The van der Waals surface area contributed by atoms with Gasteiger partial charge in [-0.25, -0.2) is 4.68 Å². The molecule has 1 aliphatic heterocycles. The SMILES string of the molecule is CCNC1CCCN(c2cnn(C)c(=O)c2Cl)C1. The van der Waals surface area contributed by atoms with Crippen molar-refractivity contribution in [2.75, 3.05) is 24.5 Å². The second kappa shape index (κ2) is 5.71. The number of rotatable bonds is 3. The van der Waals surface area contributed by atoms with E-state index in [0.717, 1.165) is 31.7 Å². The number of aryl methyl sites for hydroxylation is 1. The highest BCUT2D eigenvalue weighted by Gasteiger charge is 2.22. The van der Waals surface area contributed by atoms with E-state index in [9.17, 15) is 4.79 Å². The maximum absolute atomic E-state index is 11.8. The Morgan fingerprint density at radius 2 is 2.39 bits per heavy atom. The third-order valence-electron chi connectivity index (χ3n) is 3.31. The molecule has 6 heteroatoms. The fourth-order valence-electron chi connectivity index (χ4n) is 2.37. The molecule has 1 aromatic heterocycles. The Balaban J connectivity index is 2.21. The summed E-state index contributed by atoms with van der Waals surface area (Å²) < 4.78 is 1.26. The molecule has 0 radical (unpaired) electrons. The van der Waals surface area contributed by atoms with Gasteiger partial charge in [-0.05, 0) is 19.4 Å². The lowest BCUT2D eigenvalue weighted by Crippen LogP contribution is -2.46. The van der Waals surface area contributed by atoms with E-state index < -0.39 is 0 Å². The van der Waals surface area contributed by atoms with Gasteiger partial charge in [0, 0.05) is 26.2 Å². The molecule has 1 fully saturated rings. The number of piperidine rings is 1. The molecule has 18 heavy (non-hydrogen) atoms. The zero-order valence-corrected chi connectivity index (χ0v) is 11.6. The molecular formula is C12H19ClN4O. The van der Waals surface area contributed by atoms with Gasteiger partial charge in [-0.2, -0.15) is 5.10 Å². The molecule has 0 amide bonds. The van der Waals surface area contributed by atoms with E-state index in [1.807, 2.05) is 0 Å². The average Bonchev–Trinajstić information content (AvgIpc) is 2.37. The molecule has 100 valence electrons. The van der Waals surface area contributed by atoms with Crippen molar-refractivity contribution in [2.45, 2.75) is 25.8 Å². The van der Waals surface area contributed by atoms with E-state index in [0.29, 0.717) is 6.04 Å². The molecule has 1 aliphatic rings. The molecule has 1 aromatic rings. The first kappa shape index (κ1) is 13.4. The van der Waals surface area contributed by atoms with E-state index in [-0.39, 0.29) is 10.6 Å². The number of nitrogens with one attached hydrogen (secondary N) is 1. The van der Waals surface area contributed by atoms with E-state index in [1.165, 1.54) is 11.1 Å². The number of aromatic nitrogens is 2. The zero-order valence-electron chi connectivity index (χ0n) is 10.8. The van der Waals surface area contributed by atoms with Gasteiger partial charge in [0.25, 0.3) is 5.56 Å². The number of nitrogens with zero attached hydrogens (tertiary/aromatic N) is 3. The van der Waals surface area contributed by atoms with Crippen LogP contribution >= 0.6 is 11.6 Å². The number of likely N-dealkylation sites (N-methyl/N-ethyl adjacent to an activating group) is 1. The molecule has 1 N–H and O–H groups in total. The van der Waals surface area contributed by atoms with Crippen molar-refractivity contribution in [3.63, 3.8) is 0 Å². The van der Waals surface area contributed by atoms with Crippen LogP contribution in [0.3, 0.4) is 0 Å². The van der Waals surface area contributed by atoms with E-state index in [2.05, 4.69) is 22.2 Å². The highest BCUT2D eigenvalue weighted by Crippen LogP contribution is 2.24. The molecule has 0 aromatic carbocycles. The second-order valence-electron chi connectivity index (χ2n) is 4.62. The minimum atomic E-state index is -0.236. The zero-order chi connectivity index (χ0) is 13.1. The Labute approximate surface area is 112 Å². The largest absolute Gasteiger partial charge is 0.367 e. The molecule has 0 saturated carbocycles. The van der Waals surface area contributed by atoms with Gasteiger partial charge in [-0.15, -0.1) is 0 Å². The Kier molecular flexibility index (Phi) is 4.24. The predicted octanol–water partition coefficient (Wildman–Crippen LogP) is 1.01. The highest BCUT2D eigenvalue weighted by molar-refractivity contribution is 6.33. The molecule has 0 aliphatic carbocycles. The van der Waals surface area contributed by atoms with Gasteiger partial charge < -0.3 is 10.2 Å². The molecule has 2 rings (SSSR count). The van der Waals surface area contributed by atoms with Gasteiger partial charge in [0.15, 0.2) is 0 Å². The molecular weight excluding hydrogens is 252 g/mol. The van der Waals surface area contributed by atoms with Crippen LogP contribution in [0.5, 0.6) is 0 Å². The normalized spacial score (nSPS) is 20.2. The smallest absolute Gasteiger partial charge is 0.287 e. The summed E-state index contributed by atoms with van der Waals surface area (Å²) in [4.78, 5) is 13.9. The Morgan fingerprint density at radius 3 is 3.11 bits per heavy atom. The standard InChI is InChI=1S/C12H19ClN4O/c1-3-14-9-5-4-6-17(8-9)10-7-15-16(2)12(18)11(10)13/h7,9,14H,3-6,8H2,1-2H3. The van der Waals surface area contributed by atoms with Crippen LogP contribution in [-0.2, 0) is 7.05 Å². The Bertz CT molecular complexity index is 472. The molecule has 1 saturated heterocycles. The van der Waals surface area contributed by atoms with E-state index in [1.54, 1.807) is 13.2 Å². The molecule has 2 heterocycles. The van der Waals surface area contributed by atoms with Crippen LogP contribution in [0.4, 0.5) is 5.69 Å². The predicted molar refractivity (Wildman–Crippen MR) is 73.4 cm³/mol. The van der Waals surface area contributed by atoms with Gasteiger partial charge in [0.1, 0.15) is 5.02 Å². The first-order valence-corrected chi connectivity index (χ1v) is 6.71. The lowest BCUT2D eigenvalue weighted by Gasteiger charge is -2.34. The summed E-state index contributed by atoms with van der Waals surface area (Å²) in [7, 11) is 1.61. The lowest BCUT2D eigenvalue weighted by atomic mass is 10.1. The summed E-state index contributed by atoms with van der Waals surface area (Å²) in [5.41, 5.74) is 0.516. The summed E-state index contributed by atoms with van der Waals surface area (Å²) in [5.74, 6) is 0. The van der Waals surface area contributed by atoms with Crippen molar-refractivity contribution in [3.05, 3.63) is 21.6 Å². The maximum atomic E-state index is 11.8. The number of halogens is 1. The monoisotopic (exact) mass is 270 g/mol. The van der Waals surface area contributed by atoms with Gasteiger partial charge in [0.2, 0.25) is 0 Å².